The number of hydrogen-bond acceptors (Lipinski definition) is 4. The van der Waals surface area contributed by atoms with E-state index in [-0.39, 0.29) is 5.91 Å². The predicted molar refractivity (Wildman–Crippen MR) is 74.7 cm³/mol. The molecule has 1 aromatic carbocycles. The fourth-order valence-electron chi connectivity index (χ4n) is 1.66. The molecule has 0 atom stereocenters. The van der Waals surface area contributed by atoms with Crippen LogP contribution in [0.2, 0.25) is 0 Å². The van der Waals surface area contributed by atoms with Crippen LogP contribution >= 0.6 is 11.8 Å². The van der Waals surface area contributed by atoms with Gasteiger partial charge in [0.1, 0.15) is 11.4 Å². The van der Waals surface area contributed by atoms with Crippen LogP contribution in [0.25, 0.3) is 6.08 Å². The Labute approximate surface area is 110 Å². The van der Waals surface area contributed by atoms with E-state index in [9.17, 15) is 4.79 Å². The van der Waals surface area contributed by atoms with E-state index in [0.29, 0.717) is 5.70 Å². The van der Waals surface area contributed by atoms with Crippen LogP contribution in [-0.4, -0.2) is 36.4 Å². The zero-order valence-electron chi connectivity index (χ0n) is 10.5. The minimum atomic E-state index is -0.197. The number of likely N-dealkylation sites (N-methyl/N-ethyl adjacent to an activating group) is 1. The molecular formula is C13H14N2O2S. The van der Waals surface area contributed by atoms with Crippen molar-refractivity contribution in [3.8, 4) is 5.75 Å². The molecule has 1 amide bonds. The second-order valence-corrected chi connectivity index (χ2v) is 4.54. The third kappa shape index (κ3) is 2.41. The van der Waals surface area contributed by atoms with Crippen LogP contribution in [0.3, 0.4) is 0 Å². The van der Waals surface area contributed by atoms with E-state index < -0.39 is 0 Å². The maximum absolute atomic E-state index is 11.7. The summed E-state index contributed by atoms with van der Waals surface area (Å²) in [5, 5.41) is 0.722. The molecule has 0 N–H and O–H groups in total. The van der Waals surface area contributed by atoms with Gasteiger partial charge in [0.25, 0.3) is 5.91 Å². The Morgan fingerprint density at radius 3 is 2.50 bits per heavy atom. The number of thioether (sulfide) groups is 1. The van der Waals surface area contributed by atoms with Crippen LogP contribution in [-0.2, 0) is 4.79 Å². The number of amidine groups is 1. The first-order valence-electron chi connectivity index (χ1n) is 5.42. The fraction of sp³-hybridized carbons (Fsp3) is 0.231. The zero-order chi connectivity index (χ0) is 13.1. The van der Waals surface area contributed by atoms with Gasteiger partial charge in [-0.25, -0.2) is 0 Å². The van der Waals surface area contributed by atoms with Crippen molar-refractivity contribution in [3.05, 3.63) is 35.5 Å². The third-order valence-electron chi connectivity index (χ3n) is 2.67. The number of carbonyl (C=O) groups excluding carboxylic acids is 1. The van der Waals surface area contributed by atoms with Gasteiger partial charge in [-0.05, 0) is 30.0 Å². The lowest BCUT2D eigenvalue weighted by atomic mass is 10.2. The van der Waals surface area contributed by atoms with Gasteiger partial charge in [-0.1, -0.05) is 23.9 Å². The Morgan fingerprint density at radius 1 is 1.33 bits per heavy atom. The standard InChI is InChI=1S/C13H14N2O2S/c1-15-11(12(16)14-13(15)18-3)8-9-4-6-10(17-2)7-5-9/h4-8H,1-3H3/b11-8+. The van der Waals surface area contributed by atoms with E-state index in [1.54, 1.807) is 12.0 Å². The number of methoxy groups -OCH3 is 1. The van der Waals surface area contributed by atoms with Crippen molar-refractivity contribution < 1.29 is 9.53 Å². The maximum atomic E-state index is 11.7. The van der Waals surface area contributed by atoms with Crippen LogP contribution in [0.5, 0.6) is 5.75 Å². The molecule has 5 heteroatoms. The maximum Gasteiger partial charge on any atom is 0.296 e. The summed E-state index contributed by atoms with van der Waals surface area (Å²) in [5.74, 6) is 0.599. The molecule has 0 fully saturated rings. The highest BCUT2D eigenvalue weighted by atomic mass is 32.2. The summed E-state index contributed by atoms with van der Waals surface area (Å²) in [6.45, 7) is 0. The van der Waals surface area contributed by atoms with Crippen molar-refractivity contribution in [2.45, 2.75) is 0 Å². The molecule has 0 unspecified atom stereocenters. The Hall–Kier alpha value is -1.75. The Kier molecular flexibility index (Phi) is 3.72. The van der Waals surface area contributed by atoms with Crippen molar-refractivity contribution in [2.75, 3.05) is 20.4 Å². The molecule has 1 aromatic rings. The number of rotatable bonds is 2. The molecule has 0 saturated carbocycles. The monoisotopic (exact) mass is 262 g/mol. The van der Waals surface area contributed by atoms with E-state index in [1.807, 2.05) is 43.6 Å². The number of benzene rings is 1. The normalized spacial score (nSPS) is 17.3. The summed E-state index contributed by atoms with van der Waals surface area (Å²) in [7, 11) is 3.47. The van der Waals surface area contributed by atoms with Crippen molar-refractivity contribution in [2.24, 2.45) is 4.99 Å². The van der Waals surface area contributed by atoms with Gasteiger partial charge in [0.05, 0.1) is 7.11 Å². The number of carbonyl (C=O) groups is 1. The first kappa shape index (κ1) is 12.7. The van der Waals surface area contributed by atoms with E-state index in [4.69, 9.17) is 4.74 Å². The summed E-state index contributed by atoms with van der Waals surface area (Å²) in [5.41, 5.74) is 1.54. The van der Waals surface area contributed by atoms with Gasteiger partial charge in [-0.3, -0.25) is 4.79 Å². The molecule has 0 aromatic heterocycles. The lowest BCUT2D eigenvalue weighted by Crippen LogP contribution is -2.18. The number of nitrogens with zero attached hydrogens (tertiary/aromatic N) is 2. The lowest BCUT2D eigenvalue weighted by molar-refractivity contribution is -0.114. The van der Waals surface area contributed by atoms with Crippen LogP contribution in [0.15, 0.2) is 35.0 Å². The summed E-state index contributed by atoms with van der Waals surface area (Å²) >= 11 is 1.46. The quantitative estimate of drug-likeness (QED) is 0.766. The molecule has 2 rings (SSSR count). The zero-order valence-corrected chi connectivity index (χ0v) is 11.3. The summed E-state index contributed by atoms with van der Waals surface area (Å²) in [4.78, 5) is 17.5. The molecule has 4 nitrogen and oxygen atoms in total. The summed E-state index contributed by atoms with van der Waals surface area (Å²) in [6, 6.07) is 7.54. The molecule has 1 aliphatic rings. The molecular weight excluding hydrogens is 248 g/mol. The first-order valence-corrected chi connectivity index (χ1v) is 6.64. The van der Waals surface area contributed by atoms with Gasteiger partial charge in [-0.15, -0.1) is 0 Å². The van der Waals surface area contributed by atoms with Gasteiger partial charge in [-0.2, -0.15) is 4.99 Å². The second-order valence-electron chi connectivity index (χ2n) is 3.77. The third-order valence-corrected chi connectivity index (χ3v) is 3.40. The highest BCUT2D eigenvalue weighted by Gasteiger charge is 2.25. The Bertz CT molecular complexity index is 520. The number of aliphatic imine (C=N–C) groups is 1. The number of amides is 1. The van der Waals surface area contributed by atoms with Gasteiger partial charge >= 0.3 is 0 Å². The highest BCUT2D eigenvalue weighted by molar-refractivity contribution is 8.13. The topological polar surface area (TPSA) is 41.9 Å². The Balaban J connectivity index is 2.26. The molecule has 1 heterocycles. The van der Waals surface area contributed by atoms with E-state index in [1.165, 1.54) is 11.8 Å². The SMILES string of the molecule is COc1ccc(/C=C2\C(=O)N=C(SC)N2C)cc1. The van der Waals surface area contributed by atoms with Crippen LogP contribution in [0.1, 0.15) is 5.56 Å². The molecule has 94 valence electrons. The van der Waals surface area contributed by atoms with Gasteiger partial charge in [0.2, 0.25) is 0 Å². The molecule has 0 saturated heterocycles. The van der Waals surface area contributed by atoms with Gasteiger partial charge in [0.15, 0.2) is 5.17 Å². The second kappa shape index (κ2) is 5.27. The van der Waals surface area contributed by atoms with E-state index in [2.05, 4.69) is 4.99 Å². The van der Waals surface area contributed by atoms with Gasteiger partial charge in [0, 0.05) is 7.05 Å². The van der Waals surface area contributed by atoms with E-state index in [0.717, 1.165) is 16.5 Å². The molecule has 18 heavy (non-hydrogen) atoms. The minimum Gasteiger partial charge on any atom is -0.497 e. The van der Waals surface area contributed by atoms with Crippen LogP contribution < -0.4 is 4.74 Å². The molecule has 0 radical (unpaired) electrons. The average molecular weight is 262 g/mol. The molecule has 0 bridgehead atoms. The molecule has 0 aliphatic carbocycles. The summed E-state index contributed by atoms with van der Waals surface area (Å²) in [6.07, 6.45) is 3.73. The molecule has 1 aliphatic heterocycles. The van der Waals surface area contributed by atoms with Crippen LogP contribution in [0, 0.1) is 0 Å². The average Bonchev–Trinajstić information content (AvgIpc) is 2.67. The van der Waals surface area contributed by atoms with Crippen molar-refractivity contribution >= 4 is 28.9 Å². The largest absolute Gasteiger partial charge is 0.497 e. The highest BCUT2D eigenvalue weighted by Crippen LogP contribution is 2.22. The predicted octanol–water partition coefficient (Wildman–Crippen LogP) is 2.23. The number of hydrogen-bond donors (Lipinski definition) is 0. The number of ether oxygens (including phenoxy) is 1. The van der Waals surface area contributed by atoms with Crippen LogP contribution in [0.4, 0.5) is 0 Å². The molecule has 0 spiro atoms. The van der Waals surface area contributed by atoms with Crippen molar-refractivity contribution in [3.63, 3.8) is 0 Å². The Morgan fingerprint density at radius 2 is 2.00 bits per heavy atom. The summed E-state index contributed by atoms with van der Waals surface area (Å²) < 4.78 is 5.09. The lowest BCUT2D eigenvalue weighted by Gasteiger charge is -2.12. The smallest absolute Gasteiger partial charge is 0.296 e. The minimum absolute atomic E-state index is 0.197. The first-order chi connectivity index (χ1) is 8.65. The van der Waals surface area contributed by atoms with E-state index >= 15 is 0 Å². The van der Waals surface area contributed by atoms with Gasteiger partial charge < -0.3 is 9.64 Å². The fourth-order valence-corrected chi connectivity index (χ4v) is 2.21. The van der Waals surface area contributed by atoms with Crippen molar-refractivity contribution in [1.82, 2.24) is 4.90 Å². The van der Waals surface area contributed by atoms with Crippen molar-refractivity contribution in [1.29, 1.82) is 0 Å².